The maximum Gasteiger partial charge on any atom is 0.295 e. The van der Waals surface area contributed by atoms with Gasteiger partial charge in [0, 0.05) is 6.54 Å². The van der Waals surface area contributed by atoms with Gasteiger partial charge in [0.15, 0.2) is 0 Å². The Bertz CT molecular complexity index is 425. The molecule has 0 aromatic heterocycles. The van der Waals surface area contributed by atoms with Gasteiger partial charge in [0.05, 0.1) is 23.7 Å². The number of nitro groups is 1. The largest absolute Gasteiger partial charge is 0.394 e. The molecule has 1 aromatic rings. The van der Waals surface area contributed by atoms with E-state index in [2.05, 4.69) is 5.32 Å². The van der Waals surface area contributed by atoms with Gasteiger partial charge in [-0.25, -0.2) is 4.39 Å². The molecule has 0 fully saturated rings. The van der Waals surface area contributed by atoms with Crippen molar-refractivity contribution < 1.29 is 19.5 Å². The van der Waals surface area contributed by atoms with Crippen LogP contribution in [0.5, 0.6) is 0 Å². The summed E-state index contributed by atoms with van der Waals surface area (Å²) >= 11 is 0. The third-order valence-corrected chi connectivity index (χ3v) is 2.20. The number of hydrogen-bond donors (Lipinski definition) is 3. The van der Waals surface area contributed by atoms with Crippen LogP contribution in [0, 0.1) is 22.9 Å². The number of rotatable bonds is 5. The van der Waals surface area contributed by atoms with Crippen molar-refractivity contribution in [3.8, 4) is 0 Å². The number of nitro benzene ring substituents is 1. The van der Waals surface area contributed by atoms with Crippen molar-refractivity contribution in [2.24, 2.45) is 0 Å². The number of benzene rings is 1. The van der Waals surface area contributed by atoms with E-state index < -0.39 is 29.1 Å². The molecule has 1 aromatic carbocycles. The summed E-state index contributed by atoms with van der Waals surface area (Å²) in [6.07, 6.45) is -1.03. The first-order chi connectivity index (χ1) is 7.95. The number of anilines is 1. The van der Waals surface area contributed by atoms with E-state index in [9.17, 15) is 14.5 Å². The minimum absolute atomic E-state index is 0.0518. The topological polar surface area (TPSA) is 95.6 Å². The smallest absolute Gasteiger partial charge is 0.295 e. The van der Waals surface area contributed by atoms with E-state index in [-0.39, 0.29) is 12.2 Å². The third-order valence-electron chi connectivity index (χ3n) is 2.20. The number of halogens is 1. The Hall–Kier alpha value is -1.73. The van der Waals surface area contributed by atoms with Crippen molar-refractivity contribution in [1.29, 1.82) is 0 Å². The summed E-state index contributed by atoms with van der Waals surface area (Å²) in [4.78, 5) is 10.0. The van der Waals surface area contributed by atoms with E-state index >= 15 is 0 Å². The van der Waals surface area contributed by atoms with Crippen molar-refractivity contribution in [2.75, 3.05) is 18.5 Å². The summed E-state index contributed by atoms with van der Waals surface area (Å²) in [5.74, 6) is -0.692. The zero-order chi connectivity index (χ0) is 13.0. The molecule has 0 aliphatic rings. The van der Waals surface area contributed by atoms with Crippen molar-refractivity contribution in [2.45, 2.75) is 13.0 Å². The highest BCUT2D eigenvalue weighted by Crippen LogP contribution is 2.29. The Labute approximate surface area is 96.8 Å². The quantitative estimate of drug-likeness (QED) is 0.526. The normalized spacial score (nSPS) is 12.2. The Morgan fingerprint density at radius 3 is 2.76 bits per heavy atom. The number of nitrogens with zero attached hydrogens (tertiary/aromatic N) is 1. The Morgan fingerprint density at radius 2 is 2.24 bits per heavy atom. The first-order valence-electron chi connectivity index (χ1n) is 4.93. The molecular weight excluding hydrogens is 231 g/mol. The fraction of sp³-hybridized carbons (Fsp3) is 0.400. The van der Waals surface area contributed by atoms with Gasteiger partial charge in [-0.2, -0.15) is 0 Å². The van der Waals surface area contributed by atoms with Gasteiger partial charge in [0.25, 0.3) is 5.69 Å². The van der Waals surface area contributed by atoms with E-state index in [0.29, 0.717) is 5.56 Å². The minimum atomic E-state index is -1.03. The van der Waals surface area contributed by atoms with Crippen molar-refractivity contribution in [1.82, 2.24) is 0 Å². The standard InChI is InChI=1S/C10H13FN2O4/c1-6-2-7(11)3-9(13(16)17)10(6)12-4-8(15)5-14/h2-3,8,12,14-15H,4-5H2,1H3. The summed E-state index contributed by atoms with van der Waals surface area (Å²) in [5, 5.41) is 31.1. The molecule has 1 rings (SSSR count). The van der Waals surface area contributed by atoms with Crippen LogP contribution in [0.3, 0.4) is 0 Å². The number of aliphatic hydroxyl groups is 2. The van der Waals surface area contributed by atoms with Crippen LogP contribution < -0.4 is 5.32 Å². The fourth-order valence-electron chi connectivity index (χ4n) is 1.38. The van der Waals surface area contributed by atoms with E-state index in [4.69, 9.17) is 10.2 Å². The zero-order valence-corrected chi connectivity index (χ0v) is 9.18. The SMILES string of the molecule is Cc1cc(F)cc([N+](=O)[O-])c1NCC(O)CO. The van der Waals surface area contributed by atoms with Crippen molar-refractivity contribution in [3.63, 3.8) is 0 Å². The van der Waals surface area contributed by atoms with Crippen LogP contribution in [0.2, 0.25) is 0 Å². The number of aliphatic hydroxyl groups excluding tert-OH is 2. The van der Waals surface area contributed by atoms with Crippen LogP contribution in [0.4, 0.5) is 15.8 Å². The average molecular weight is 244 g/mol. The lowest BCUT2D eigenvalue weighted by Crippen LogP contribution is -2.23. The lowest BCUT2D eigenvalue weighted by Gasteiger charge is -2.12. The van der Waals surface area contributed by atoms with Gasteiger partial charge >= 0.3 is 0 Å². The Kier molecular flexibility index (Phi) is 4.36. The second-order valence-corrected chi connectivity index (χ2v) is 3.59. The van der Waals surface area contributed by atoms with Gasteiger partial charge in [-0.3, -0.25) is 10.1 Å². The predicted molar refractivity (Wildman–Crippen MR) is 59.4 cm³/mol. The monoisotopic (exact) mass is 244 g/mol. The molecule has 0 radical (unpaired) electrons. The number of nitrogens with one attached hydrogen (secondary N) is 1. The highest BCUT2D eigenvalue weighted by molar-refractivity contribution is 5.66. The molecule has 0 saturated heterocycles. The summed E-state index contributed by atoms with van der Waals surface area (Å²) < 4.78 is 13.0. The molecule has 0 aliphatic carbocycles. The average Bonchev–Trinajstić information content (AvgIpc) is 2.26. The van der Waals surface area contributed by atoms with Crippen LogP contribution >= 0.6 is 0 Å². The van der Waals surface area contributed by atoms with E-state index in [0.717, 1.165) is 12.1 Å². The van der Waals surface area contributed by atoms with Crippen LogP contribution in [0.15, 0.2) is 12.1 Å². The highest BCUT2D eigenvalue weighted by Gasteiger charge is 2.18. The molecule has 0 bridgehead atoms. The Morgan fingerprint density at radius 1 is 1.59 bits per heavy atom. The Balaban J connectivity index is 3.00. The molecule has 0 amide bonds. The third kappa shape index (κ3) is 3.36. The van der Waals surface area contributed by atoms with Crippen LogP contribution in [-0.4, -0.2) is 34.4 Å². The molecule has 0 aliphatic heterocycles. The van der Waals surface area contributed by atoms with Crippen molar-refractivity contribution >= 4 is 11.4 Å². The summed E-state index contributed by atoms with van der Waals surface area (Å²) in [7, 11) is 0. The molecule has 0 heterocycles. The molecular formula is C10H13FN2O4. The summed E-state index contributed by atoms with van der Waals surface area (Å²) in [6, 6.07) is 1.96. The lowest BCUT2D eigenvalue weighted by atomic mass is 10.1. The van der Waals surface area contributed by atoms with E-state index in [1.54, 1.807) is 0 Å². The molecule has 0 spiro atoms. The van der Waals surface area contributed by atoms with Crippen LogP contribution in [0.25, 0.3) is 0 Å². The molecule has 1 atom stereocenters. The zero-order valence-electron chi connectivity index (χ0n) is 9.18. The molecule has 3 N–H and O–H groups in total. The summed E-state index contributed by atoms with van der Waals surface area (Å²) in [5.41, 5.74) is 0.110. The van der Waals surface area contributed by atoms with Crippen molar-refractivity contribution in [3.05, 3.63) is 33.6 Å². The number of aryl methyl sites for hydroxylation is 1. The van der Waals surface area contributed by atoms with E-state index in [1.165, 1.54) is 6.92 Å². The first-order valence-corrected chi connectivity index (χ1v) is 4.93. The van der Waals surface area contributed by atoms with Gasteiger partial charge in [-0.15, -0.1) is 0 Å². The maximum atomic E-state index is 13.0. The minimum Gasteiger partial charge on any atom is -0.394 e. The molecule has 1 unspecified atom stereocenters. The predicted octanol–water partition coefficient (Wildman–Crippen LogP) is 0.807. The molecule has 7 heteroatoms. The summed E-state index contributed by atoms with van der Waals surface area (Å²) in [6.45, 7) is 1.01. The van der Waals surface area contributed by atoms with Gasteiger partial charge in [-0.1, -0.05) is 0 Å². The van der Waals surface area contributed by atoms with Gasteiger partial charge in [0.2, 0.25) is 0 Å². The maximum absolute atomic E-state index is 13.0. The highest BCUT2D eigenvalue weighted by atomic mass is 19.1. The molecule has 94 valence electrons. The van der Waals surface area contributed by atoms with Gasteiger partial charge in [0.1, 0.15) is 11.5 Å². The van der Waals surface area contributed by atoms with Crippen LogP contribution in [0.1, 0.15) is 5.56 Å². The van der Waals surface area contributed by atoms with E-state index in [1.807, 2.05) is 0 Å². The van der Waals surface area contributed by atoms with Gasteiger partial charge < -0.3 is 15.5 Å². The lowest BCUT2D eigenvalue weighted by molar-refractivity contribution is -0.384. The first kappa shape index (κ1) is 13.3. The van der Waals surface area contributed by atoms with Gasteiger partial charge in [-0.05, 0) is 18.6 Å². The second-order valence-electron chi connectivity index (χ2n) is 3.59. The van der Waals surface area contributed by atoms with Crippen LogP contribution in [-0.2, 0) is 0 Å². The molecule has 0 saturated carbocycles. The molecule has 6 nitrogen and oxygen atoms in total. The number of hydrogen-bond acceptors (Lipinski definition) is 5. The second kappa shape index (κ2) is 5.55. The fourth-order valence-corrected chi connectivity index (χ4v) is 1.38. The molecule has 17 heavy (non-hydrogen) atoms.